The molecule has 5 nitrogen and oxygen atoms in total. The smallest absolute Gasteiger partial charge is 0.250 e. The number of amides is 1. The molecule has 0 fully saturated rings. The summed E-state index contributed by atoms with van der Waals surface area (Å²) in [6, 6.07) is 7.48. The highest BCUT2D eigenvalue weighted by molar-refractivity contribution is 7.15. The van der Waals surface area contributed by atoms with Gasteiger partial charge in [-0.2, -0.15) is 0 Å². The molecule has 0 bridgehead atoms. The number of aryl methyl sites for hydroxylation is 1. The first-order valence-corrected chi connectivity index (χ1v) is 7.48. The number of ether oxygens (including phenoxy) is 1. The van der Waals surface area contributed by atoms with Gasteiger partial charge in [-0.25, -0.2) is 0 Å². The Kier molecular flexibility index (Phi) is 5.45. The molecule has 0 saturated carbocycles. The lowest BCUT2D eigenvalue weighted by molar-refractivity contribution is -0.111. The quantitative estimate of drug-likeness (QED) is 0.833. The van der Waals surface area contributed by atoms with Crippen LogP contribution in [0.25, 0.3) is 6.08 Å². The van der Waals surface area contributed by atoms with Crippen LogP contribution in [0.2, 0.25) is 0 Å². The van der Waals surface area contributed by atoms with E-state index in [0.717, 1.165) is 29.2 Å². The second-order valence-electron chi connectivity index (χ2n) is 4.35. The van der Waals surface area contributed by atoms with E-state index < -0.39 is 0 Å². The van der Waals surface area contributed by atoms with Gasteiger partial charge in [-0.3, -0.25) is 10.1 Å². The molecule has 1 aromatic heterocycles. The summed E-state index contributed by atoms with van der Waals surface area (Å²) >= 11 is 1.41. The first-order valence-electron chi connectivity index (χ1n) is 6.66. The molecule has 0 saturated heterocycles. The van der Waals surface area contributed by atoms with Crippen molar-refractivity contribution in [3.8, 4) is 5.75 Å². The molecule has 1 N–H and O–H groups in total. The first kappa shape index (κ1) is 15.2. The number of carbonyl (C=O) groups is 1. The van der Waals surface area contributed by atoms with E-state index in [2.05, 4.69) is 22.4 Å². The van der Waals surface area contributed by atoms with Gasteiger partial charge in [0.25, 0.3) is 0 Å². The van der Waals surface area contributed by atoms with Crippen LogP contribution < -0.4 is 10.1 Å². The van der Waals surface area contributed by atoms with Gasteiger partial charge >= 0.3 is 0 Å². The molecule has 0 atom stereocenters. The van der Waals surface area contributed by atoms with Crippen LogP contribution in [0.15, 0.2) is 30.3 Å². The van der Waals surface area contributed by atoms with Gasteiger partial charge in [0.05, 0.1) is 7.11 Å². The highest BCUT2D eigenvalue weighted by Gasteiger charge is 2.05. The van der Waals surface area contributed by atoms with Gasteiger partial charge in [-0.15, -0.1) is 10.2 Å². The van der Waals surface area contributed by atoms with Crippen LogP contribution in [0.1, 0.15) is 23.9 Å². The van der Waals surface area contributed by atoms with Gasteiger partial charge in [0.2, 0.25) is 11.0 Å². The molecule has 0 radical (unpaired) electrons. The van der Waals surface area contributed by atoms with Crippen molar-refractivity contribution in [2.75, 3.05) is 12.4 Å². The summed E-state index contributed by atoms with van der Waals surface area (Å²) in [6.07, 6.45) is 5.09. The van der Waals surface area contributed by atoms with Crippen molar-refractivity contribution in [2.45, 2.75) is 19.8 Å². The standard InChI is InChI=1S/C15H17N3O2S/c1-3-5-14-17-18-15(21-14)16-13(19)9-8-11-6-4-7-12(10-11)20-2/h4,6-10H,3,5H2,1-2H3,(H,16,18,19)/b9-8+. The predicted molar refractivity (Wildman–Crippen MR) is 84.6 cm³/mol. The van der Waals surface area contributed by atoms with E-state index in [1.807, 2.05) is 24.3 Å². The van der Waals surface area contributed by atoms with E-state index in [4.69, 9.17) is 4.74 Å². The summed E-state index contributed by atoms with van der Waals surface area (Å²) in [5.41, 5.74) is 0.897. The third-order valence-corrected chi connectivity index (χ3v) is 3.58. The average molecular weight is 303 g/mol. The van der Waals surface area contributed by atoms with Crippen molar-refractivity contribution in [1.82, 2.24) is 10.2 Å². The van der Waals surface area contributed by atoms with E-state index in [9.17, 15) is 4.79 Å². The maximum absolute atomic E-state index is 11.8. The highest BCUT2D eigenvalue weighted by atomic mass is 32.1. The van der Waals surface area contributed by atoms with Crippen LogP contribution in [-0.2, 0) is 11.2 Å². The number of nitrogens with one attached hydrogen (secondary N) is 1. The Labute approximate surface area is 127 Å². The SMILES string of the molecule is CCCc1nnc(NC(=O)/C=C/c2cccc(OC)c2)s1. The molecule has 0 aliphatic carbocycles. The summed E-state index contributed by atoms with van der Waals surface area (Å²) in [4.78, 5) is 11.8. The molecule has 110 valence electrons. The molecule has 0 spiro atoms. The summed E-state index contributed by atoms with van der Waals surface area (Å²) in [5, 5.41) is 12.1. The van der Waals surface area contributed by atoms with Gasteiger partial charge in [-0.1, -0.05) is 30.4 Å². The van der Waals surface area contributed by atoms with E-state index in [1.165, 1.54) is 17.4 Å². The van der Waals surface area contributed by atoms with Gasteiger partial charge in [0.1, 0.15) is 10.8 Å². The molecule has 1 amide bonds. The van der Waals surface area contributed by atoms with E-state index in [-0.39, 0.29) is 5.91 Å². The third-order valence-electron chi connectivity index (χ3n) is 2.68. The van der Waals surface area contributed by atoms with Crippen molar-refractivity contribution in [2.24, 2.45) is 0 Å². The second-order valence-corrected chi connectivity index (χ2v) is 5.41. The number of carbonyl (C=O) groups excluding carboxylic acids is 1. The fourth-order valence-corrected chi connectivity index (χ4v) is 2.53. The van der Waals surface area contributed by atoms with Crippen molar-refractivity contribution in [3.05, 3.63) is 40.9 Å². The van der Waals surface area contributed by atoms with Crippen LogP contribution in [0.3, 0.4) is 0 Å². The molecule has 0 unspecified atom stereocenters. The summed E-state index contributed by atoms with van der Waals surface area (Å²) in [6.45, 7) is 2.08. The molecule has 2 aromatic rings. The molecular formula is C15H17N3O2S. The third kappa shape index (κ3) is 4.68. The monoisotopic (exact) mass is 303 g/mol. The summed E-state index contributed by atoms with van der Waals surface area (Å²) in [5.74, 6) is 0.530. The Hall–Kier alpha value is -2.21. The minimum atomic E-state index is -0.225. The average Bonchev–Trinajstić information content (AvgIpc) is 2.93. The number of rotatable bonds is 6. The van der Waals surface area contributed by atoms with Gasteiger partial charge in [0, 0.05) is 12.5 Å². The molecule has 1 heterocycles. The zero-order valence-electron chi connectivity index (χ0n) is 12.0. The largest absolute Gasteiger partial charge is 0.497 e. The maximum Gasteiger partial charge on any atom is 0.250 e. The Balaban J connectivity index is 1.95. The zero-order valence-corrected chi connectivity index (χ0v) is 12.8. The van der Waals surface area contributed by atoms with E-state index >= 15 is 0 Å². The number of anilines is 1. The normalized spacial score (nSPS) is 10.8. The number of aromatic nitrogens is 2. The molecule has 0 aliphatic rings. The number of hydrogen-bond acceptors (Lipinski definition) is 5. The molecule has 2 rings (SSSR count). The van der Waals surface area contributed by atoms with E-state index in [0.29, 0.717) is 5.13 Å². The highest BCUT2D eigenvalue weighted by Crippen LogP contribution is 2.17. The minimum Gasteiger partial charge on any atom is -0.497 e. The first-order chi connectivity index (χ1) is 10.2. The van der Waals surface area contributed by atoms with Crippen LogP contribution in [0.4, 0.5) is 5.13 Å². The minimum absolute atomic E-state index is 0.225. The number of methoxy groups -OCH3 is 1. The van der Waals surface area contributed by atoms with Crippen molar-refractivity contribution in [3.63, 3.8) is 0 Å². The van der Waals surface area contributed by atoms with Crippen LogP contribution in [0.5, 0.6) is 5.75 Å². The van der Waals surface area contributed by atoms with E-state index in [1.54, 1.807) is 13.2 Å². The Morgan fingerprint density at radius 2 is 2.29 bits per heavy atom. The Morgan fingerprint density at radius 3 is 3.05 bits per heavy atom. The molecule has 6 heteroatoms. The molecule has 0 aliphatic heterocycles. The Morgan fingerprint density at radius 1 is 1.43 bits per heavy atom. The van der Waals surface area contributed by atoms with Gasteiger partial charge in [-0.05, 0) is 30.2 Å². The van der Waals surface area contributed by atoms with Crippen molar-refractivity contribution >= 4 is 28.5 Å². The number of benzene rings is 1. The van der Waals surface area contributed by atoms with Gasteiger partial charge < -0.3 is 4.74 Å². The lowest BCUT2D eigenvalue weighted by atomic mass is 10.2. The second kappa shape index (κ2) is 7.54. The number of nitrogens with zero attached hydrogens (tertiary/aromatic N) is 2. The van der Waals surface area contributed by atoms with Crippen LogP contribution in [0, 0.1) is 0 Å². The fraction of sp³-hybridized carbons (Fsp3) is 0.267. The zero-order chi connectivity index (χ0) is 15.1. The maximum atomic E-state index is 11.8. The Bertz CT molecular complexity index is 637. The molecule has 1 aromatic carbocycles. The van der Waals surface area contributed by atoms with Crippen LogP contribution >= 0.6 is 11.3 Å². The van der Waals surface area contributed by atoms with Crippen LogP contribution in [-0.4, -0.2) is 23.2 Å². The lowest BCUT2D eigenvalue weighted by Gasteiger charge is -2.00. The fourth-order valence-electron chi connectivity index (χ4n) is 1.68. The molecule has 21 heavy (non-hydrogen) atoms. The molecular weight excluding hydrogens is 286 g/mol. The topological polar surface area (TPSA) is 64.1 Å². The predicted octanol–water partition coefficient (Wildman–Crippen LogP) is 3.15. The summed E-state index contributed by atoms with van der Waals surface area (Å²) < 4.78 is 5.13. The number of hydrogen-bond donors (Lipinski definition) is 1. The summed E-state index contributed by atoms with van der Waals surface area (Å²) in [7, 11) is 1.61. The van der Waals surface area contributed by atoms with Crippen molar-refractivity contribution < 1.29 is 9.53 Å². The van der Waals surface area contributed by atoms with Crippen molar-refractivity contribution in [1.29, 1.82) is 0 Å². The van der Waals surface area contributed by atoms with Gasteiger partial charge in [0.15, 0.2) is 0 Å². The lowest BCUT2D eigenvalue weighted by Crippen LogP contribution is -2.07.